The van der Waals surface area contributed by atoms with E-state index in [0.29, 0.717) is 19.6 Å². The van der Waals surface area contributed by atoms with Crippen LogP contribution < -0.4 is 0 Å². The zero-order valence-corrected chi connectivity index (χ0v) is 12.3. The van der Waals surface area contributed by atoms with Crippen molar-refractivity contribution in [2.45, 2.75) is 32.2 Å². The average Bonchev–Trinajstić information content (AvgIpc) is 2.69. The van der Waals surface area contributed by atoms with Gasteiger partial charge in [-0.15, -0.1) is 0 Å². The first-order valence-corrected chi connectivity index (χ1v) is 8.26. The summed E-state index contributed by atoms with van der Waals surface area (Å²) in [7, 11) is -1.66. The third-order valence-corrected chi connectivity index (χ3v) is 5.47. The highest BCUT2D eigenvalue weighted by atomic mass is 32.2. The third-order valence-electron chi connectivity index (χ3n) is 3.53. The van der Waals surface area contributed by atoms with Crippen LogP contribution in [0.15, 0.2) is 30.3 Å². The van der Waals surface area contributed by atoms with Crippen molar-refractivity contribution in [2.24, 2.45) is 0 Å². The molecule has 0 N–H and O–H groups in total. The van der Waals surface area contributed by atoms with E-state index in [2.05, 4.69) is 0 Å². The van der Waals surface area contributed by atoms with Gasteiger partial charge in [0.05, 0.1) is 0 Å². The zero-order chi connectivity index (χ0) is 13.7. The molecular weight excluding hydrogens is 260 g/mol. The highest BCUT2D eigenvalue weighted by molar-refractivity contribution is 7.86. The molecule has 106 valence electrons. The molecule has 1 fully saturated rings. The maximum absolute atomic E-state index is 12.5. The molecule has 0 atom stereocenters. The Bertz CT molecular complexity index is 479. The first-order valence-electron chi connectivity index (χ1n) is 6.86. The minimum atomic E-state index is -3.32. The van der Waals surface area contributed by atoms with Crippen LogP contribution in [0.5, 0.6) is 0 Å². The second kappa shape index (κ2) is 6.50. The molecule has 4 nitrogen and oxygen atoms in total. The van der Waals surface area contributed by atoms with Crippen LogP contribution in [0.4, 0.5) is 0 Å². The Morgan fingerprint density at radius 2 is 1.63 bits per heavy atom. The largest absolute Gasteiger partial charge is 0.282 e. The number of benzene rings is 1. The van der Waals surface area contributed by atoms with Gasteiger partial charge in [-0.3, -0.25) is 0 Å². The van der Waals surface area contributed by atoms with Gasteiger partial charge in [0.2, 0.25) is 0 Å². The number of hydrogen-bond acceptors (Lipinski definition) is 2. The third kappa shape index (κ3) is 3.78. The van der Waals surface area contributed by atoms with Crippen LogP contribution in [0.1, 0.15) is 31.2 Å². The van der Waals surface area contributed by atoms with Crippen molar-refractivity contribution in [2.75, 3.05) is 20.1 Å². The predicted molar refractivity (Wildman–Crippen MR) is 76.9 cm³/mol. The van der Waals surface area contributed by atoms with Gasteiger partial charge in [-0.1, -0.05) is 43.2 Å². The monoisotopic (exact) mass is 282 g/mol. The molecule has 0 radical (unpaired) electrons. The summed E-state index contributed by atoms with van der Waals surface area (Å²) in [5.74, 6) is 0. The van der Waals surface area contributed by atoms with Crippen LogP contribution in [0.2, 0.25) is 0 Å². The van der Waals surface area contributed by atoms with Gasteiger partial charge in [0.25, 0.3) is 10.2 Å². The maximum Gasteiger partial charge on any atom is 0.282 e. The van der Waals surface area contributed by atoms with Crippen LogP contribution in [0.3, 0.4) is 0 Å². The molecule has 1 aromatic rings. The van der Waals surface area contributed by atoms with Gasteiger partial charge in [0.1, 0.15) is 0 Å². The van der Waals surface area contributed by atoms with Gasteiger partial charge in [-0.2, -0.15) is 17.0 Å². The zero-order valence-electron chi connectivity index (χ0n) is 11.5. The lowest BCUT2D eigenvalue weighted by Crippen LogP contribution is -2.42. The first kappa shape index (κ1) is 14.5. The number of nitrogens with zero attached hydrogens (tertiary/aromatic N) is 2. The molecule has 0 unspecified atom stereocenters. The van der Waals surface area contributed by atoms with Gasteiger partial charge < -0.3 is 0 Å². The van der Waals surface area contributed by atoms with Crippen LogP contribution in [-0.4, -0.2) is 37.2 Å². The van der Waals surface area contributed by atoms with Crippen molar-refractivity contribution >= 4 is 10.2 Å². The summed E-state index contributed by atoms with van der Waals surface area (Å²) in [4.78, 5) is 0. The Kier molecular flexibility index (Phi) is 4.96. The van der Waals surface area contributed by atoms with Crippen molar-refractivity contribution in [1.82, 2.24) is 8.61 Å². The fraction of sp³-hybridized carbons (Fsp3) is 0.571. The summed E-state index contributed by atoms with van der Waals surface area (Å²) in [6.07, 6.45) is 4.21. The Balaban J connectivity index is 2.05. The molecular formula is C14H22N2O2S. The predicted octanol–water partition coefficient (Wildman–Crippen LogP) is 2.24. The Labute approximate surface area is 116 Å². The minimum absolute atomic E-state index is 0.430. The van der Waals surface area contributed by atoms with Crippen molar-refractivity contribution in [1.29, 1.82) is 0 Å². The molecule has 1 aliphatic rings. The Morgan fingerprint density at radius 1 is 1.05 bits per heavy atom. The second-order valence-corrected chi connectivity index (χ2v) is 7.10. The van der Waals surface area contributed by atoms with Crippen molar-refractivity contribution in [3.05, 3.63) is 35.9 Å². The molecule has 0 aromatic heterocycles. The maximum atomic E-state index is 12.5. The summed E-state index contributed by atoms with van der Waals surface area (Å²) in [6.45, 7) is 1.74. The van der Waals surface area contributed by atoms with E-state index in [0.717, 1.165) is 31.2 Å². The Morgan fingerprint density at radius 3 is 2.21 bits per heavy atom. The van der Waals surface area contributed by atoms with Gasteiger partial charge >= 0.3 is 0 Å². The molecule has 5 heteroatoms. The summed E-state index contributed by atoms with van der Waals surface area (Å²) >= 11 is 0. The van der Waals surface area contributed by atoms with E-state index >= 15 is 0 Å². The van der Waals surface area contributed by atoms with Gasteiger partial charge in [0, 0.05) is 26.7 Å². The fourth-order valence-electron chi connectivity index (χ4n) is 2.39. The van der Waals surface area contributed by atoms with Crippen molar-refractivity contribution < 1.29 is 8.42 Å². The molecule has 19 heavy (non-hydrogen) atoms. The lowest BCUT2D eigenvalue weighted by Gasteiger charge is -2.26. The van der Waals surface area contributed by atoms with E-state index in [1.807, 2.05) is 30.3 Å². The van der Waals surface area contributed by atoms with E-state index in [1.165, 1.54) is 4.31 Å². The molecule has 0 aliphatic carbocycles. The highest BCUT2D eigenvalue weighted by Crippen LogP contribution is 2.17. The average molecular weight is 282 g/mol. The molecule has 1 aliphatic heterocycles. The molecule has 0 amide bonds. The molecule has 1 saturated heterocycles. The van der Waals surface area contributed by atoms with Gasteiger partial charge in [-0.25, -0.2) is 0 Å². The standard InChI is InChI=1S/C14H22N2O2S/c1-15(13-14-9-5-4-6-10-14)19(17,18)16-11-7-2-3-8-12-16/h4-6,9-10H,2-3,7-8,11-13H2,1H3. The second-order valence-electron chi connectivity index (χ2n) is 5.06. The first-order chi connectivity index (χ1) is 9.10. The normalized spacial score (nSPS) is 18.4. The van der Waals surface area contributed by atoms with Gasteiger partial charge in [0.15, 0.2) is 0 Å². The van der Waals surface area contributed by atoms with Gasteiger partial charge in [-0.05, 0) is 18.4 Å². The minimum Gasteiger partial charge on any atom is -0.195 e. The highest BCUT2D eigenvalue weighted by Gasteiger charge is 2.27. The van der Waals surface area contributed by atoms with E-state index in [-0.39, 0.29) is 0 Å². The van der Waals surface area contributed by atoms with E-state index in [1.54, 1.807) is 11.4 Å². The molecule has 0 bridgehead atoms. The summed E-state index contributed by atoms with van der Waals surface area (Å²) in [5, 5.41) is 0. The molecule has 0 spiro atoms. The summed E-state index contributed by atoms with van der Waals surface area (Å²) < 4.78 is 28.1. The molecule has 2 rings (SSSR count). The lowest BCUT2D eigenvalue weighted by molar-refractivity contribution is 0.363. The van der Waals surface area contributed by atoms with Crippen LogP contribution in [0.25, 0.3) is 0 Å². The summed E-state index contributed by atoms with van der Waals surface area (Å²) in [5.41, 5.74) is 1.02. The van der Waals surface area contributed by atoms with E-state index < -0.39 is 10.2 Å². The van der Waals surface area contributed by atoms with E-state index in [9.17, 15) is 8.42 Å². The molecule has 0 saturated carbocycles. The van der Waals surface area contributed by atoms with Crippen LogP contribution in [0, 0.1) is 0 Å². The van der Waals surface area contributed by atoms with E-state index in [4.69, 9.17) is 0 Å². The molecule has 1 aromatic carbocycles. The van der Waals surface area contributed by atoms with Crippen LogP contribution >= 0.6 is 0 Å². The number of hydrogen-bond donors (Lipinski definition) is 0. The SMILES string of the molecule is CN(Cc1ccccc1)S(=O)(=O)N1CCCCCC1. The fourth-order valence-corrected chi connectivity index (χ4v) is 3.82. The summed E-state index contributed by atoms with van der Waals surface area (Å²) in [6, 6.07) is 9.71. The van der Waals surface area contributed by atoms with Crippen molar-refractivity contribution in [3.63, 3.8) is 0 Å². The smallest absolute Gasteiger partial charge is 0.195 e. The number of rotatable bonds is 4. The quantitative estimate of drug-likeness (QED) is 0.850. The Hall–Kier alpha value is -0.910. The topological polar surface area (TPSA) is 40.6 Å². The van der Waals surface area contributed by atoms with Crippen molar-refractivity contribution in [3.8, 4) is 0 Å². The van der Waals surface area contributed by atoms with Crippen LogP contribution in [-0.2, 0) is 16.8 Å². The lowest BCUT2D eigenvalue weighted by atomic mass is 10.2. The molecule has 1 heterocycles.